The molecule has 2 aromatic rings. The van der Waals surface area contributed by atoms with Crippen molar-refractivity contribution in [1.29, 1.82) is 0 Å². The van der Waals surface area contributed by atoms with Gasteiger partial charge in [0.25, 0.3) is 5.91 Å². The van der Waals surface area contributed by atoms with E-state index < -0.39 is 5.91 Å². The SMILES string of the molecule is Cc1ccccc1C(=O)C#CC(=O)NC1CCN(c2nc(C(C)(C)C)cs2)C1. The van der Waals surface area contributed by atoms with Gasteiger partial charge in [0.2, 0.25) is 5.78 Å². The Kier molecular flexibility index (Phi) is 5.85. The molecule has 6 heteroatoms. The topological polar surface area (TPSA) is 62.3 Å². The fourth-order valence-electron chi connectivity index (χ4n) is 3.04. The van der Waals surface area contributed by atoms with E-state index in [0.717, 1.165) is 29.4 Å². The summed E-state index contributed by atoms with van der Waals surface area (Å²) < 4.78 is 0. The van der Waals surface area contributed by atoms with Gasteiger partial charge < -0.3 is 10.2 Å². The van der Waals surface area contributed by atoms with Gasteiger partial charge in [0, 0.05) is 41.4 Å². The molecule has 3 rings (SSSR count). The first-order valence-electron chi connectivity index (χ1n) is 9.37. The Labute approximate surface area is 170 Å². The van der Waals surface area contributed by atoms with Gasteiger partial charge in [-0.15, -0.1) is 11.3 Å². The van der Waals surface area contributed by atoms with Crippen LogP contribution < -0.4 is 10.2 Å². The van der Waals surface area contributed by atoms with Crippen LogP contribution in [0.15, 0.2) is 29.6 Å². The highest BCUT2D eigenvalue weighted by atomic mass is 32.1. The number of Topliss-reactive ketones (excluding diaryl/α,β-unsaturated/α-hetero) is 1. The maximum atomic E-state index is 12.2. The third-order valence-electron chi connectivity index (χ3n) is 4.73. The van der Waals surface area contributed by atoms with Crippen molar-refractivity contribution in [2.24, 2.45) is 0 Å². The fraction of sp³-hybridized carbons (Fsp3) is 0.409. The van der Waals surface area contributed by atoms with Crippen LogP contribution in [0.5, 0.6) is 0 Å². The van der Waals surface area contributed by atoms with Crippen molar-refractivity contribution >= 4 is 28.2 Å². The quantitative estimate of drug-likeness (QED) is 0.492. The molecule has 1 N–H and O–H groups in total. The minimum atomic E-state index is -0.414. The van der Waals surface area contributed by atoms with Crippen LogP contribution in [0.2, 0.25) is 0 Å². The first kappa shape index (κ1) is 20.1. The van der Waals surface area contributed by atoms with Gasteiger partial charge in [-0.1, -0.05) is 45.0 Å². The second kappa shape index (κ2) is 8.15. The number of aryl methyl sites for hydroxylation is 1. The first-order chi connectivity index (χ1) is 13.2. The van der Waals surface area contributed by atoms with Gasteiger partial charge in [-0.2, -0.15) is 0 Å². The van der Waals surface area contributed by atoms with E-state index in [0.29, 0.717) is 12.1 Å². The number of nitrogens with zero attached hydrogens (tertiary/aromatic N) is 2. The zero-order valence-electron chi connectivity index (χ0n) is 16.7. The lowest BCUT2D eigenvalue weighted by Crippen LogP contribution is -2.36. The average Bonchev–Trinajstić information content (AvgIpc) is 3.29. The summed E-state index contributed by atoms with van der Waals surface area (Å²) in [6.45, 7) is 9.85. The highest BCUT2D eigenvalue weighted by molar-refractivity contribution is 7.13. The van der Waals surface area contributed by atoms with Crippen molar-refractivity contribution in [3.05, 3.63) is 46.5 Å². The molecule has 1 saturated heterocycles. The van der Waals surface area contributed by atoms with Crippen molar-refractivity contribution in [1.82, 2.24) is 10.3 Å². The van der Waals surface area contributed by atoms with Crippen molar-refractivity contribution in [3.8, 4) is 11.8 Å². The van der Waals surface area contributed by atoms with Gasteiger partial charge in [0.15, 0.2) is 5.13 Å². The Morgan fingerprint density at radius 2 is 2.00 bits per heavy atom. The molecule has 0 spiro atoms. The minimum Gasteiger partial charge on any atom is -0.346 e. The van der Waals surface area contributed by atoms with E-state index in [-0.39, 0.29) is 17.2 Å². The zero-order valence-corrected chi connectivity index (χ0v) is 17.5. The standard InChI is InChI=1S/C22H25N3O2S/c1-15-7-5-6-8-17(15)18(26)9-10-20(27)23-16-11-12-25(13-16)21-24-19(14-28-21)22(2,3)4/h5-8,14,16H,11-13H2,1-4H3,(H,23,27). The third-order valence-corrected chi connectivity index (χ3v) is 5.64. The predicted octanol–water partition coefficient (Wildman–Crippen LogP) is 3.33. The summed E-state index contributed by atoms with van der Waals surface area (Å²) >= 11 is 1.64. The molecule has 0 radical (unpaired) electrons. The lowest BCUT2D eigenvalue weighted by molar-refractivity contribution is -0.116. The number of ketones is 1. The Hall–Kier alpha value is -2.65. The van der Waals surface area contributed by atoms with E-state index in [4.69, 9.17) is 4.98 Å². The molecule has 1 aliphatic heterocycles. The third kappa shape index (κ3) is 4.79. The number of thiazole rings is 1. The number of hydrogen-bond acceptors (Lipinski definition) is 5. The van der Waals surface area contributed by atoms with E-state index in [9.17, 15) is 9.59 Å². The maximum Gasteiger partial charge on any atom is 0.296 e. The molecule has 0 aliphatic carbocycles. The predicted molar refractivity (Wildman–Crippen MR) is 113 cm³/mol. The molecule has 1 atom stereocenters. The van der Waals surface area contributed by atoms with E-state index in [1.54, 1.807) is 23.5 Å². The molecule has 1 aromatic heterocycles. The second-order valence-corrected chi connectivity index (χ2v) is 8.90. The van der Waals surface area contributed by atoms with Crippen LogP contribution >= 0.6 is 11.3 Å². The van der Waals surface area contributed by atoms with Crippen LogP contribution in [0.4, 0.5) is 5.13 Å². The van der Waals surface area contributed by atoms with Crippen LogP contribution in [0.1, 0.15) is 48.8 Å². The number of carbonyl (C=O) groups excluding carboxylic acids is 2. The van der Waals surface area contributed by atoms with Crippen molar-refractivity contribution < 1.29 is 9.59 Å². The van der Waals surface area contributed by atoms with Gasteiger partial charge >= 0.3 is 0 Å². The van der Waals surface area contributed by atoms with Crippen LogP contribution in [-0.2, 0) is 10.2 Å². The summed E-state index contributed by atoms with van der Waals surface area (Å²) in [5.74, 6) is 4.14. The zero-order chi connectivity index (χ0) is 20.3. The number of rotatable bonds is 3. The number of carbonyl (C=O) groups is 2. The summed E-state index contributed by atoms with van der Waals surface area (Å²) in [4.78, 5) is 31.2. The minimum absolute atomic E-state index is 0.0114. The van der Waals surface area contributed by atoms with Crippen LogP contribution in [0.3, 0.4) is 0 Å². The molecule has 0 saturated carbocycles. The largest absolute Gasteiger partial charge is 0.346 e. The van der Waals surface area contributed by atoms with Crippen molar-refractivity contribution in [3.63, 3.8) is 0 Å². The summed E-state index contributed by atoms with van der Waals surface area (Å²) in [5, 5.41) is 6.00. The monoisotopic (exact) mass is 395 g/mol. The Bertz CT molecular complexity index is 946. The molecule has 146 valence electrons. The van der Waals surface area contributed by atoms with Gasteiger partial charge in [0.05, 0.1) is 5.69 Å². The lowest BCUT2D eigenvalue weighted by Gasteiger charge is -2.17. The van der Waals surface area contributed by atoms with Gasteiger partial charge in [-0.05, 0) is 24.8 Å². The van der Waals surface area contributed by atoms with Gasteiger partial charge in [-0.3, -0.25) is 9.59 Å². The number of amides is 1. The van der Waals surface area contributed by atoms with Crippen molar-refractivity contribution in [2.45, 2.75) is 45.6 Å². The second-order valence-electron chi connectivity index (χ2n) is 8.06. The molecule has 1 unspecified atom stereocenters. The molecule has 5 nitrogen and oxygen atoms in total. The molecular formula is C22H25N3O2S. The lowest BCUT2D eigenvalue weighted by atomic mass is 9.93. The number of benzene rings is 1. The highest BCUT2D eigenvalue weighted by Crippen LogP contribution is 2.30. The van der Waals surface area contributed by atoms with Crippen LogP contribution in [0, 0.1) is 18.8 Å². The first-order valence-corrected chi connectivity index (χ1v) is 10.3. The number of anilines is 1. The van der Waals surface area contributed by atoms with E-state index in [1.165, 1.54) is 0 Å². The Balaban J connectivity index is 1.56. The normalized spacial score (nSPS) is 16.4. The molecule has 28 heavy (non-hydrogen) atoms. The summed E-state index contributed by atoms with van der Waals surface area (Å²) in [5.41, 5.74) is 2.50. The molecule has 2 heterocycles. The van der Waals surface area contributed by atoms with E-state index >= 15 is 0 Å². The number of aromatic nitrogens is 1. The smallest absolute Gasteiger partial charge is 0.296 e. The van der Waals surface area contributed by atoms with Crippen LogP contribution in [0.25, 0.3) is 0 Å². The van der Waals surface area contributed by atoms with Crippen molar-refractivity contribution in [2.75, 3.05) is 18.0 Å². The van der Waals surface area contributed by atoms with E-state index in [1.807, 2.05) is 19.1 Å². The maximum absolute atomic E-state index is 12.2. The summed E-state index contributed by atoms with van der Waals surface area (Å²) in [6.07, 6.45) is 0.837. The molecule has 1 aliphatic rings. The average molecular weight is 396 g/mol. The molecule has 1 aromatic carbocycles. The van der Waals surface area contributed by atoms with E-state index in [2.05, 4.69) is 48.2 Å². The van der Waals surface area contributed by atoms with Crippen LogP contribution in [-0.4, -0.2) is 35.8 Å². The fourth-order valence-corrected chi connectivity index (χ4v) is 4.13. The number of hydrogen-bond donors (Lipinski definition) is 1. The number of nitrogens with one attached hydrogen (secondary N) is 1. The van der Waals surface area contributed by atoms with Gasteiger partial charge in [0.1, 0.15) is 0 Å². The summed E-state index contributed by atoms with van der Waals surface area (Å²) in [7, 11) is 0. The molecule has 0 bridgehead atoms. The molecule has 1 fully saturated rings. The molecular weight excluding hydrogens is 370 g/mol. The highest BCUT2D eigenvalue weighted by Gasteiger charge is 2.27. The Morgan fingerprint density at radius 3 is 2.68 bits per heavy atom. The molecule has 1 amide bonds. The summed E-state index contributed by atoms with van der Waals surface area (Å²) in [6, 6.07) is 7.24. The van der Waals surface area contributed by atoms with Gasteiger partial charge in [-0.25, -0.2) is 4.98 Å². The Morgan fingerprint density at radius 1 is 1.25 bits per heavy atom.